The maximum absolute atomic E-state index is 11.5. The minimum atomic E-state index is -0.271. The Balaban J connectivity index is 1.78. The van der Waals surface area contributed by atoms with E-state index in [0.29, 0.717) is 11.5 Å². The highest BCUT2D eigenvalue weighted by molar-refractivity contribution is 5.87. The molecule has 3 nitrogen and oxygen atoms in total. The molecule has 0 spiro atoms. The van der Waals surface area contributed by atoms with Gasteiger partial charge < -0.3 is 9.47 Å². The molecule has 3 heteroatoms. The van der Waals surface area contributed by atoms with Crippen LogP contribution < -0.4 is 4.74 Å². The SMILES string of the molecule is C=C(C)C(=O)OC1CCC(C(C)Oc2ccccc2)CC1. The van der Waals surface area contributed by atoms with Gasteiger partial charge in [0, 0.05) is 5.57 Å². The van der Waals surface area contributed by atoms with Gasteiger partial charge in [0.25, 0.3) is 0 Å². The van der Waals surface area contributed by atoms with Gasteiger partial charge in [-0.25, -0.2) is 4.79 Å². The highest BCUT2D eigenvalue weighted by Gasteiger charge is 2.28. The molecule has 0 radical (unpaired) electrons. The standard InChI is InChI=1S/C18H24O3/c1-13(2)18(19)21-17-11-9-15(10-12-17)14(3)20-16-7-5-4-6-8-16/h4-8,14-15,17H,1,9-12H2,2-3H3. The second-order valence-electron chi connectivity index (χ2n) is 5.86. The van der Waals surface area contributed by atoms with Crippen LogP contribution in [0.2, 0.25) is 0 Å². The molecular formula is C18H24O3. The van der Waals surface area contributed by atoms with Gasteiger partial charge in [0.2, 0.25) is 0 Å². The summed E-state index contributed by atoms with van der Waals surface area (Å²) in [6.45, 7) is 7.42. The fourth-order valence-electron chi connectivity index (χ4n) is 2.74. The lowest BCUT2D eigenvalue weighted by Gasteiger charge is -2.32. The number of ether oxygens (including phenoxy) is 2. The molecular weight excluding hydrogens is 264 g/mol. The van der Waals surface area contributed by atoms with Crippen molar-refractivity contribution in [1.29, 1.82) is 0 Å². The molecule has 0 aromatic heterocycles. The molecule has 0 heterocycles. The summed E-state index contributed by atoms with van der Waals surface area (Å²) in [6.07, 6.45) is 4.10. The number of rotatable bonds is 5. The Morgan fingerprint density at radius 1 is 1.19 bits per heavy atom. The van der Waals surface area contributed by atoms with Crippen LogP contribution in [0, 0.1) is 5.92 Å². The van der Waals surface area contributed by atoms with Crippen molar-refractivity contribution in [2.24, 2.45) is 5.92 Å². The van der Waals surface area contributed by atoms with E-state index in [1.165, 1.54) is 0 Å². The normalized spacial score (nSPS) is 23.1. The van der Waals surface area contributed by atoms with Crippen molar-refractivity contribution >= 4 is 5.97 Å². The summed E-state index contributed by atoms with van der Waals surface area (Å²) in [6, 6.07) is 9.91. The molecule has 1 unspecified atom stereocenters. The first-order valence-corrected chi connectivity index (χ1v) is 7.64. The predicted molar refractivity (Wildman–Crippen MR) is 83.2 cm³/mol. The monoisotopic (exact) mass is 288 g/mol. The van der Waals surface area contributed by atoms with Gasteiger partial charge in [0.15, 0.2) is 0 Å². The largest absolute Gasteiger partial charge is 0.490 e. The van der Waals surface area contributed by atoms with Crippen LogP contribution in [-0.4, -0.2) is 18.2 Å². The average Bonchev–Trinajstić information content (AvgIpc) is 2.48. The van der Waals surface area contributed by atoms with Gasteiger partial charge in [0.05, 0.1) is 6.10 Å². The van der Waals surface area contributed by atoms with E-state index >= 15 is 0 Å². The Kier molecular flexibility index (Phi) is 5.43. The van der Waals surface area contributed by atoms with Crippen LogP contribution in [0.3, 0.4) is 0 Å². The minimum absolute atomic E-state index is 0.0365. The Morgan fingerprint density at radius 3 is 2.38 bits per heavy atom. The zero-order valence-electron chi connectivity index (χ0n) is 12.9. The summed E-state index contributed by atoms with van der Waals surface area (Å²) >= 11 is 0. The molecule has 21 heavy (non-hydrogen) atoms. The fourth-order valence-corrected chi connectivity index (χ4v) is 2.74. The van der Waals surface area contributed by atoms with Crippen molar-refractivity contribution in [2.45, 2.75) is 51.7 Å². The number of hydrogen-bond donors (Lipinski definition) is 0. The lowest BCUT2D eigenvalue weighted by Crippen LogP contribution is -2.31. The van der Waals surface area contributed by atoms with Gasteiger partial charge in [-0.2, -0.15) is 0 Å². The van der Waals surface area contributed by atoms with Gasteiger partial charge in [-0.15, -0.1) is 0 Å². The third-order valence-corrected chi connectivity index (χ3v) is 4.07. The average molecular weight is 288 g/mol. The molecule has 1 fully saturated rings. The minimum Gasteiger partial charge on any atom is -0.490 e. The van der Waals surface area contributed by atoms with Crippen LogP contribution in [0.1, 0.15) is 39.5 Å². The number of carbonyl (C=O) groups is 1. The molecule has 0 N–H and O–H groups in total. The first-order valence-electron chi connectivity index (χ1n) is 7.64. The number of esters is 1. The zero-order chi connectivity index (χ0) is 15.2. The van der Waals surface area contributed by atoms with E-state index in [0.717, 1.165) is 31.4 Å². The summed E-state index contributed by atoms with van der Waals surface area (Å²) in [5, 5.41) is 0. The van der Waals surface area contributed by atoms with Crippen molar-refractivity contribution in [3.05, 3.63) is 42.5 Å². The molecule has 1 saturated carbocycles. The maximum Gasteiger partial charge on any atom is 0.333 e. The van der Waals surface area contributed by atoms with Crippen LogP contribution in [0.5, 0.6) is 5.75 Å². The molecule has 0 saturated heterocycles. The van der Waals surface area contributed by atoms with Crippen LogP contribution in [0.25, 0.3) is 0 Å². The molecule has 1 atom stereocenters. The van der Waals surface area contributed by atoms with E-state index in [9.17, 15) is 4.79 Å². The lowest BCUT2D eigenvalue weighted by molar-refractivity contribution is -0.146. The Hall–Kier alpha value is -1.77. The number of benzene rings is 1. The van der Waals surface area contributed by atoms with Crippen molar-refractivity contribution < 1.29 is 14.3 Å². The third-order valence-electron chi connectivity index (χ3n) is 4.07. The van der Waals surface area contributed by atoms with E-state index in [4.69, 9.17) is 9.47 Å². The summed E-state index contributed by atoms with van der Waals surface area (Å²) in [4.78, 5) is 11.5. The first kappa shape index (κ1) is 15.6. The molecule has 1 aliphatic carbocycles. The lowest BCUT2D eigenvalue weighted by atomic mass is 9.84. The Labute approximate surface area is 127 Å². The topological polar surface area (TPSA) is 35.5 Å². The summed E-state index contributed by atoms with van der Waals surface area (Å²) < 4.78 is 11.4. The Bertz CT molecular complexity index is 472. The smallest absolute Gasteiger partial charge is 0.333 e. The second kappa shape index (κ2) is 7.30. The van der Waals surface area contributed by atoms with Crippen LogP contribution >= 0.6 is 0 Å². The zero-order valence-corrected chi connectivity index (χ0v) is 12.9. The maximum atomic E-state index is 11.5. The molecule has 1 aromatic carbocycles. The number of hydrogen-bond acceptors (Lipinski definition) is 3. The highest BCUT2D eigenvalue weighted by atomic mass is 16.5. The molecule has 0 aliphatic heterocycles. The van der Waals surface area contributed by atoms with Gasteiger partial charge in [-0.05, 0) is 57.6 Å². The highest BCUT2D eigenvalue weighted by Crippen LogP contribution is 2.30. The molecule has 114 valence electrons. The first-order chi connectivity index (χ1) is 10.1. The van der Waals surface area contributed by atoms with Gasteiger partial charge in [0.1, 0.15) is 11.9 Å². The number of para-hydroxylation sites is 1. The summed E-state index contributed by atoms with van der Waals surface area (Å²) in [5.74, 6) is 1.16. The van der Waals surface area contributed by atoms with Crippen LogP contribution in [0.4, 0.5) is 0 Å². The van der Waals surface area contributed by atoms with E-state index in [1.54, 1.807) is 6.92 Å². The quantitative estimate of drug-likeness (QED) is 0.603. The fraction of sp³-hybridized carbons (Fsp3) is 0.500. The van der Waals surface area contributed by atoms with Crippen molar-refractivity contribution in [3.8, 4) is 5.75 Å². The van der Waals surface area contributed by atoms with Gasteiger partial charge in [-0.3, -0.25) is 0 Å². The van der Waals surface area contributed by atoms with E-state index in [2.05, 4.69) is 13.5 Å². The van der Waals surface area contributed by atoms with Crippen molar-refractivity contribution in [1.82, 2.24) is 0 Å². The van der Waals surface area contributed by atoms with Crippen molar-refractivity contribution in [2.75, 3.05) is 0 Å². The molecule has 0 bridgehead atoms. The van der Waals surface area contributed by atoms with Gasteiger partial charge >= 0.3 is 5.97 Å². The van der Waals surface area contributed by atoms with E-state index in [-0.39, 0.29) is 18.2 Å². The second-order valence-corrected chi connectivity index (χ2v) is 5.86. The predicted octanol–water partition coefficient (Wildman–Crippen LogP) is 4.13. The van der Waals surface area contributed by atoms with Gasteiger partial charge in [-0.1, -0.05) is 24.8 Å². The summed E-state index contributed by atoms with van der Waals surface area (Å²) in [5.41, 5.74) is 0.470. The Morgan fingerprint density at radius 2 is 1.81 bits per heavy atom. The van der Waals surface area contributed by atoms with Crippen LogP contribution in [0.15, 0.2) is 42.5 Å². The van der Waals surface area contributed by atoms with E-state index < -0.39 is 0 Å². The van der Waals surface area contributed by atoms with Crippen molar-refractivity contribution in [3.63, 3.8) is 0 Å². The van der Waals surface area contributed by atoms with E-state index in [1.807, 2.05) is 30.3 Å². The molecule has 0 amide bonds. The van der Waals surface area contributed by atoms with Crippen LogP contribution in [-0.2, 0) is 9.53 Å². The summed E-state index contributed by atoms with van der Waals surface area (Å²) in [7, 11) is 0. The third kappa shape index (κ3) is 4.62. The number of carbonyl (C=O) groups excluding carboxylic acids is 1. The molecule has 1 aromatic rings. The molecule has 2 rings (SSSR count). The molecule has 1 aliphatic rings.